The summed E-state index contributed by atoms with van der Waals surface area (Å²) in [6.45, 7) is 4.64. The molecule has 3 aliphatic rings. The van der Waals surface area contributed by atoms with E-state index in [4.69, 9.17) is 9.97 Å². The Bertz CT molecular complexity index is 1400. The second kappa shape index (κ2) is 5.49. The molecule has 0 saturated heterocycles. The molecule has 148 valence electrons. The molecule has 0 aliphatic heterocycles. The molecule has 0 bridgehead atoms. The summed E-state index contributed by atoms with van der Waals surface area (Å²) in [5, 5.41) is 5.04. The monoisotopic (exact) mass is 390 g/mol. The summed E-state index contributed by atoms with van der Waals surface area (Å²) >= 11 is 0. The first kappa shape index (κ1) is 17.0. The largest absolute Gasteiger partial charge is 0.248 e. The van der Waals surface area contributed by atoms with Gasteiger partial charge in [-0.2, -0.15) is 0 Å². The first-order chi connectivity index (χ1) is 14.8. The van der Waals surface area contributed by atoms with Crippen LogP contribution in [0.3, 0.4) is 0 Å². The van der Waals surface area contributed by atoms with Crippen molar-refractivity contribution in [1.82, 2.24) is 9.97 Å². The van der Waals surface area contributed by atoms with E-state index in [1.165, 1.54) is 58.6 Å². The summed E-state index contributed by atoms with van der Waals surface area (Å²) in [5.41, 5.74) is 5.15. The van der Waals surface area contributed by atoms with Gasteiger partial charge in [0.1, 0.15) is 0 Å². The maximum Gasteiger partial charge on any atom is 0.0975 e. The van der Waals surface area contributed by atoms with Gasteiger partial charge in [-0.3, -0.25) is 0 Å². The number of fused-ring (bicyclic) bond motifs is 10. The Morgan fingerprint density at radius 3 is 1.90 bits per heavy atom. The van der Waals surface area contributed by atoms with Crippen LogP contribution < -0.4 is 0 Å². The highest BCUT2D eigenvalue weighted by molar-refractivity contribution is 6.23. The second-order valence-electron chi connectivity index (χ2n) is 9.65. The van der Waals surface area contributed by atoms with Gasteiger partial charge < -0.3 is 0 Å². The highest BCUT2D eigenvalue weighted by Gasteiger charge is 2.79. The summed E-state index contributed by atoms with van der Waals surface area (Å²) in [6.07, 6.45) is 9.84. The standard InChI is InChI=1S/C28H26N2/c1-3-14-27-16-13-21-24(27)28(21,15-4-2)26-25(27)29-22-19-11-7-5-9-17(19)18-10-6-8-12-20(18)23(22)30-26/h5-13,16,21,24H,3-4,14-15H2,1-2H3. The quantitative estimate of drug-likeness (QED) is 0.281. The fraction of sp³-hybridized carbons (Fsp3) is 0.357. The van der Waals surface area contributed by atoms with E-state index in [1.54, 1.807) is 0 Å². The van der Waals surface area contributed by atoms with Gasteiger partial charge in [0.2, 0.25) is 0 Å². The van der Waals surface area contributed by atoms with E-state index in [1.807, 2.05) is 0 Å². The van der Waals surface area contributed by atoms with Crippen LogP contribution in [0.4, 0.5) is 0 Å². The maximum absolute atomic E-state index is 5.51. The van der Waals surface area contributed by atoms with Crippen LogP contribution in [0.15, 0.2) is 60.7 Å². The Morgan fingerprint density at radius 1 is 0.733 bits per heavy atom. The van der Waals surface area contributed by atoms with Crippen LogP contribution in [0.2, 0.25) is 0 Å². The molecule has 1 saturated carbocycles. The molecule has 2 heteroatoms. The smallest absolute Gasteiger partial charge is 0.0975 e. The molecule has 0 spiro atoms. The highest BCUT2D eigenvalue weighted by Crippen LogP contribution is 2.79. The molecule has 7 rings (SSSR count). The lowest BCUT2D eigenvalue weighted by atomic mass is 9.79. The average molecular weight is 391 g/mol. The van der Waals surface area contributed by atoms with E-state index in [9.17, 15) is 0 Å². The molecule has 4 aromatic rings. The first-order valence-corrected chi connectivity index (χ1v) is 11.6. The predicted molar refractivity (Wildman–Crippen MR) is 124 cm³/mol. The van der Waals surface area contributed by atoms with Gasteiger partial charge in [-0.05, 0) is 35.4 Å². The molecule has 3 aromatic carbocycles. The number of benzene rings is 3. The van der Waals surface area contributed by atoms with Crippen LogP contribution >= 0.6 is 0 Å². The molecular weight excluding hydrogens is 364 g/mol. The molecule has 2 nitrogen and oxygen atoms in total. The fourth-order valence-corrected chi connectivity index (χ4v) is 7.38. The minimum atomic E-state index is 0.109. The molecule has 30 heavy (non-hydrogen) atoms. The molecule has 0 amide bonds. The average Bonchev–Trinajstić information content (AvgIpc) is 3.20. The van der Waals surface area contributed by atoms with Gasteiger partial charge >= 0.3 is 0 Å². The lowest BCUT2D eigenvalue weighted by Gasteiger charge is -2.26. The van der Waals surface area contributed by atoms with Gasteiger partial charge in [-0.1, -0.05) is 87.4 Å². The van der Waals surface area contributed by atoms with Gasteiger partial charge in [0, 0.05) is 21.6 Å². The Labute approximate surface area is 177 Å². The molecular formula is C28H26N2. The van der Waals surface area contributed by atoms with Gasteiger partial charge in [-0.25, -0.2) is 9.97 Å². The van der Waals surface area contributed by atoms with E-state index in [2.05, 4.69) is 74.5 Å². The lowest BCUT2D eigenvalue weighted by molar-refractivity contribution is 0.410. The normalized spacial score (nSPS) is 30.3. The van der Waals surface area contributed by atoms with Gasteiger partial charge in [0.15, 0.2) is 0 Å². The number of rotatable bonds is 4. The van der Waals surface area contributed by atoms with Gasteiger partial charge in [0.25, 0.3) is 0 Å². The number of allylic oxidation sites excluding steroid dienone is 2. The number of hydrogen-bond donors (Lipinski definition) is 0. The second-order valence-corrected chi connectivity index (χ2v) is 9.65. The zero-order valence-corrected chi connectivity index (χ0v) is 17.7. The van der Waals surface area contributed by atoms with Crippen molar-refractivity contribution in [3.63, 3.8) is 0 Å². The van der Waals surface area contributed by atoms with Crippen molar-refractivity contribution in [3.05, 3.63) is 72.1 Å². The zero-order valence-electron chi connectivity index (χ0n) is 17.7. The van der Waals surface area contributed by atoms with Crippen molar-refractivity contribution in [2.45, 2.75) is 50.4 Å². The van der Waals surface area contributed by atoms with Gasteiger partial charge in [-0.15, -0.1) is 0 Å². The van der Waals surface area contributed by atoms with Crippen molar-refractivity contribution >= 4 is 32.6 Å². The number of aromatic nitrogens is 2. The zero-order chi connectivity index (χ0) is 20.1. The van der Waals surface area contributed by atoms with E-state index in [0.717, 1.165) is 11.0 Å². The van der Waals surface area contributed by atoms with Crippen molar-refractivity contribution in [3.8, 4) is 0 Å². The molecule has 4 atom stereocenters. The Kier molecular flexibility index (Phi) is 3.11. The Hall–Kier alpha value is -2.74. The topological polar surface area (TPSA) is 25.8 Å². The van der Waals surface area contributed by atoms with Crippen LogP contribution in [-0.2, 0) is 10.8 Å². The lowest BCUT2D eigenvalue weighted by Crippen LogP contribution is -2.24. The first-order valence-electron chi connectivity index (χ1n) is 11.6. The molecule has 0 radical (unpaired) electrons. The van der Waals surface area contributed by atoms with Crippen LogP contribution in [0.1, 0.15) is 50.9 Å². The molecule has 0 N–H and O–H groups in total. The van der Waals surface area contributed by atoms with Crippen molar-refractivity contribution < 1.29 is 0 Å². The van der Waals surface area contributed by atoms with E-state index in [-0.39, 0.29) is 10.8 Å². The highest BCUT2D eigenvalue weighted by atomic mass is 15.0. The number of nitrogens with zero attached hydrogens (tertiary/aromatic N) is 2. The summed E-state index contributed by atoms with van der Waals surface area (Å²) in [5.74, 6) is 1.37. The van der Waals surface area contributed by atoms with Crippen LogP contribution in [0, 0.1) is 11.8 Å². The molecule has 3 aliphatic carbocycles. The third-order valence-corrected chi connectivity index (χ3v) is 8.32. The summed E-state index contributed by atoms with van der Waals surface area (Å²) in [7, 11) is 0. The summed E-state index contributed by atoms with van der Waals surface area (Å²) < 4.78 is 0. The van der Waals surface area contributed by atoms with Crippen LogP contribution in [0.5, 0.6) is 0 Å². The Morgan fingerprint density at radius 2 is 1.30 bits per heavy atom. The minimum absolute atomic E-state index is 0.109. The van der Waals surface area contributed by atoms with Crippen LogP contribution in [-0.4, -0.2) is 9.97 Å². The molecule has 1 fully saturated rings. The minimum Gasteiger partial charge on any atom is -0.248 e. The van der Waals surface area contributed by atoms with Crippen molar-refractivity contribution in [2.24, 2.45) is 11.8 Å². The summed E-state index contributed by atoms with van der Waals surface area (Å²) in [6, 6.07) is 17.5. The van der Waals surface area contributed by atoms with Crippen molar-refractivity contribution in [1.29, 1.82) is 0 Å². The van der Waals surface area contributed by atoms with E-state index >= 15 is 0 Å². The van der Waals surface area contributed by atoms with Gasteiger partial charge in [0.05, 0.1) is 22.4 Å². The molecule has 4 unspecified atom stereocenters. The SMILES string of the molecule is CCCC12C=CC3C1C3(CCC)c1nc3c4ccccc4c4ccccc4c3nc12. The van der Waals surface area contributed by atoms with E-state index in [0.29, 0.717) is 11.8 Å². The van der Waals surface area contributed by atoms with Crippen molar-refractivity contribution in [2.75, 3.05) is 0 Å². The molecule has 1 heterocycles. The number of hydrogen-bond acceptors (Lipinski definition) is 2. The fourth-order valence-electron chi connectivity index (χ4n) is 7.38. The predicted octanol–water partition coefficient (Wildman–Crippen LogP) is 6.84. The summed E-state index contributed by atoms with van der Waals surface area (Å²) in [4.78, 5) is 11.0. The van der Waals surface area contributed by atoms with Crippen LogP contribution in [0.25, 0.3) is 32.6 Å². The third-order valence-electron chi connectivity index (χ3n) is 8.32. The third kappa shape index (κ3) is 1.71. The Balaban J connectivity index is 1.65. The van der Waals surface area contributed by atoms with E-state index < -0.39 is 0 Å². The molecule has 1 aromatic heterocycles. The maximum atomic E-state index is 5.51.